The van der Waals surface area contributed by atoms with Gasteiger partial charge in [-0.1, -0.05) is 42.6 Å². The second kappa shape index (κ2) is 8.31. The van der Waals surface area contributed by atoms with E-state index < -0.39 is 11.8 Å². The molecular weight excluding hydrogens is 314 g/mol. The fourth-order valence-electron chi connectivity index (χ4n) is 2.91. The highest BCUT2D eigenvalue weighted by molar-refractivity contribution is 6.35. The Bertz CT molecular complexity index is 557. The lowest BCUT2D eigenvalue weighted by Gasteiger charge is -2.26. The lowest BCUT2D eigenvalue weighted by Crippen LogP contribution is -2.45. The van der Waals surface area contributed by atoms with Gasteiger partial charge in [0.05, 0.1) is 6.04 Å². The molecule has 0 heterocycles. The first-order chi connectivity index (χ1) is 11.0. The van der Waals surface area contributed by atoms with Crippen molar-refractivity contribution in [3.8, 4) is 0 Å². The van der Waals surface area contributed by atoms with Crippen LogP contribution in [0.2, 0.25) is 5.02 Å². The average molecular weight is 338 g/mol. The molecule has 1 aliphatic rings. The van der Waals surface area contributed by atoms with Crippen LogP contribution < -0.4 is 10.6 Å². The van der Waals surface area contributed by atoms with Crippen LogP contribution in [0.3, 0.4) is 0 Å². The number of likely N-dealkylation sites (N-methyl/N-ethyl adjacent to an activating group) is 1. The quantitative estimate of drug-likeness (QED) is 0.809. The van der Waals surface area contributed by atoms with Crippen molar-refractivity contribution in [3.63, 3.8) is 0 Å². The minimum Gasteiger partial charge on any atom is -0.346 e. The van der Waals surface area contributed by atoms with Crippen LogP contribution >= 0.6 is 11.6 Å². The molecule has 6 heteroatoms. The summed E-state index contributed by atoms with van der Waals surface area (Å²) < 4.78 is 0. The molecule has 1 fully saturated rings. The van der Waals surface area contributed by atoms with Crippen LogP contribution in [0.25, 0.3) is 0 Å². The van der Waals surface area contributed by atoms with Gasteiger partial charge in [0, 0.05) is 17.6 Å². The van der Waals surface area contributed by atoms with Crippen molar-refractivity contribution < 1.29 is 9.59 Å². The zero-order chi connectivity index (χ0) is 16.8. The first kappa shape index (κ1) is 17.8. The van der Waals surface area contributed by atoms with Crippen LogP contribution in [0.15, 0.2) is 24.3 Å². The topological polar surface area (TPSA) is 61.4 Å². The first-order valence-corrected chi connectivity index (χ1v) is 8.36. The third-order valence-electron chi connectivity index (χ3n) is 4.24. The number of carbonyl (C=O) groups is 2. The minimum atomic E-state index is -0.587. The van der Waals surface area contributed by atoms with E-state index in [0.717, 1.165) is 31.2 Å². The van der Waals surface area contributed by atoms with Crippen LogP contribution in [0, 0.1) is 0 Å². The fraction of sp³-hybridized carbons (Fsp3) is 0.529. The van der Waals surface area contributed by atoms with Gasteiger partial charge in [-0.15, -0.1) is 0 Å². The molecule has 5 nitrogen and oxygen atoms in total. The number of amides is 2. The third kappa shape index (κ3) is 4.94. The summed E-state index contributed by atoms with van der Waals surface area (Å²) >= 11 is 6.24. The Hall–Kier alpha value is -1.59. The van der Waals surface area contributed by atoms with E-state index in [1.54, 1.807) is 0 Å². The largest absolute Gasteiger partial charge is 0.346 e. The van der Waals surface area contributed by atoms with Crippen LogP contribution in [-0.4, -0.2) is 43.4 Å². The number of halogens is 1. The zero-order valence-corrected chi connectivity index (χ0v) is 14.4. The highest BCUT2D eigenvalue weighted by Gasteiger charge is 2.23. The van der Waals surface area contributed by atoms with Crippen LogP contribution in [0.4, 0.5) is 0 Å². The summed E-state index contributed by atoms with van der Waals surface area (Å²) in [6.07, 6.45) is 4.14. The molecule has 0 saturated heterocycles. The molecular formula is C17H24ClN3O2. The summed E-state index contributed by atoms with van der Waals surface area (Å²) in [5.41, 5.74) is 0.927. The number of hydrogen-bond acceptors (Lipinski definition) is 3. The van der Waals surface area contributed by atoms with Crippen molar-refractivity contribution in [2.75, 3.05) is 20.6 Å². The number of benzene rings is 1. The van der Waals surface area contributed by atoms with Gasteiger partial charge in [0.15, 0.2) is 0 Å². The van der Waals surface area contributed by atoms with Gasteiger partial charge in [0.25, 0.3) is 0 Å². The summed E-state index contributed by atoms with van der Waals surface area (Å²) in [6, 6.07) is 7.58. The van der Waals surface area contributed by atoms with E-state index in [0.29, 0.717) is 11.6 Å². The van der Waals surface area contributed by atoms with Gasteiger partial charge in [-0.3, -0.25) is 9.59 Å². The van der Waals surface area contributed by atoms with E-state index in [9.17, 15) is 9.59 Å². The minimum absolute atomic E-state index is 0.0908. The van der Waals surface area contributed by atoms with Gasteiger partial charge < -0.3 is 15.5 Å². The molecule has 0 unspecified atom stereocenters. The number of nitrogens with one attached hydrogen (secondary N) is 2. The summed E-state index contributed by atoms with van der Waals surface area (Å²) in [5.74, 6) is -1.13. The maximum absolute atomic E-state index is 12.0. The molecule has 23 heavy (non-hydrogen) atoms. The smallest absolute Gasteiger partial charge is 0.309 e. The molecule has 126 valence electrons. The second-order valence-corrected chi connectivity index (χ2v) is 6.57. The summed E-state index contributed by atoms with van der Waals surface area (Å²) in [6.45, 7) is 0.327. The summed E-state index contributed by atoms with van der Waals surface area (Å²) in [4.78, 5) is 25.9. The molecule has 0 radical (unpaired) electrons. The highest BCUT2D eigenvalue weighted by atomic mass is 35.5. The molecule has 1 aromatic rings. The van der Waals surface area contributed by atoms with Gasteiger partial charge in [-0.05, 0) is 38.6 Å². The van der Waals surface area contributed by atoms with Crippen molar-refractivity contribution in [1.29, 1.82) is 0 Å². The number of nitrogens with zero attached hydrogens (tertiary/aromatic N) is 1. The van der Waals surface area contributed by atoms with Crippen molar-refractivity contribution in [1.82, 2.24) is 15.5 Å². The van der Waals surface area contributed by atoms with Gasteiger partial charge in [0.2, 0.25) is 0 Å². The van der Waals surface area contributed by atoms with Gasteiger partial charge in [-0.25, -0.2) is 0 Å². The molecule has 0 bridgehead atoms. The molecule has 1 aliphatic carbocycles. The fourth-order valence-corrected chi connectivity index (χ4v) is 3.17. The normalized spacial score (nSPS) is 16.3. The molecule has 1 saturated carbocycles. The molecule has 2 amide bonds. The van der Waals surface area contributed by atoms with E-state index in [1.165, 1.54) is 0 Å². The molecule has 2 N–H and O–H groups in total. The van der Waals surface area contributed by atoms with Crippen molar-refractivity contribution in [2.45, 2.75) is 37.8 Å². The average Bonchev–Trinajstić information content (AvgIpc) is 3.01. The summed E-state index contributed by atoms with van der Waals surface area (Å²) in [5, 5.41) is 6.15. The molecule has 0 aliphatic heterocycles. The Balaban J connectivity index is 1.92. The van der Waals surface area contributed by atoms with Crippen molar-refractivity contribution in [3.05, 3.63) is 34.9 Å². The lowest BCUT2D eigenvalue weighted by molar-refractivity contribution is -0.139. The molecule has 1 aromatic carbocycles. The zero-order valence-electron chi connectivity index (χ0n) is 13.6. The van der Waals surface area contributed by atoms with Crippen LogP contribution in [0.5, 0.6) is 0 Å². The lowest BCUT2D eigenvalue weighted by atomic mass is 10.1. The second-order valence-electron chi connectivity index (χ2n) is 6.17. The Kier molecular flexibility index (Phi) is 6.42. The van der Waals surface area contributed by atoms with Crippen molar-refractivity contribution in [2.24, 2.45) is 0 Å². The Morgan fingerprint density at radius 3 is 2.48 bits per heavy atom. The van der Waals surface area contributed by atoms with Gasteiger partial charge in [-0.2, -0.15) is 0 Å². The maximum Gasteiger partial charge on any atom is 0.309 e. The summed E-state index contributed by atoms with van der Waals surface area (Å²) in [7, 11) is 3.83. The predicted molar refractivity (Wildman–Crippen MR) is 91.3 cm³/mol. The monoisotopic (exact) mass is 337 g/mol. The van der Waals surface area contributed by atoms with E-state index in [1.807, 2.05) is 43.3 Å². The van der Waals surface area contributed by atoms with E-state index in [-0.39, 0.29) is 12.1 Å². The SMILES string of the molecule is CN(C)[C@H](CNC(=O)C(=O)NC1CCCC1)c1ccccc1Cl. The Morgan fingerprint density at radius 1 is 1.22 bits per heavy atom. The maximum atomic E-state index is 12.0. The van der Waals surface area contributed by atoms with E-state index >= 15 is 0 Å². The third-order valence-corrected chi connectivity index (χ3v) is 4.58. The number of rotatable bonds is 5. The van der Waals surface area contributed by atoms with Crippen LogP contribution in [0.1, 0.15) is 37.3 Å². The predicted octanol–water partition coefficient (Wildman–Crippen LogP) is 2.12. The molecule has 0 aromatic heterocycles. The number of hydrogen-bond donors (Lipinski definition) is 2. The first-order valence-electron chi connectivity index (χ1n) is 7.98. The highest BCUT2D eigenvalue weighted by Crippen LogP contribution is 2.25. The molecule has 0 spiro atoms. The Labute approximate surface area is 142 Å². The van der Waals surface area contributed by atoms with E-state index in [2.05, 4.69) is 10.6 Å². The van der Waals surface area contributed by atoms with Crippen LogP contribution in [-0.2, 0) is 9.59 Å². The van der Waals surface area contributed by atoms with Gasteiger partial charge in [0.1, 0.15) is 0 Å². The van der Waals surface area contributed by atoms with Gasteiger partial charge >= 0.3 is 11.8 Å². The van der Waals surface area contributed by atoms with E-state index in [4.69, 9.17) is 11.6 Å². The molecule has 2 rings (SSSR count). The number of carbonyl (C=O) groups excluding carboxylic acids is 2. The standard InChI is InChI=1S/C17H24ClN3O2/c1-21(2)15(13-9-5-6-10-14(13)18)11-19-16(22)17(23)20-12-7-3-4-8-12/h5-6,9-10,12,15H,3-4,7-8,11H2,1-2H3,(H,19,22)(H,20,23)/t15-/m1/s1. The van der Waals surface area contributed by atoms with Crippen molar-refractivity contribution >= 4 is 23.4 Å². The molecule has 1 atom stereocenters. The Morgan fingerprint density at radius 2 is 1.87 bits per heavy atom.